The predicted octanol–water partition coefficient (Wildman–Crippen LogP) is 5.31. The van der Waals surface area contributed by atoms with Crippen LogP contribution < -0.4 is 4.74 Å². The van der Waals surface area contributed by atoms with Gasteiger partial charge in [0.25, 0.3) is 0 Å². The molecule has 0 fully saturated rings. The average Bonchev–Trinajstić information content (AvgIpc) is 3.53. The minimum atomic E-state index is -0.279. The van der Waals surface area contributed by atoms with E-state index in [0.717, 1.165) is 62.3 Å². The summed E-state index contributed by atoms with van der Waals surface area (Å²) in [5, 5.41) is 9.50. The van der Waals surface area contributed by atoms with Crippen LogP contribution >= 0.6 is 0 Å². The van der Waals surface area contributed by atoms with Crippen molar-refractivity contribution in [2.45, 2.75) is 0 Å². The van der Waals surface area contributed by atoms with E-state index in [4.69, 9.17) is 4.74 Å². The van der Waals surface area contributed by atoms with Crippen LogP contribution in [-0.4, -0.2) is 62.3 Å². The molecule has 1 aromatic carbocycles. The van der Waals surface area contributed by atoms with E-state index in [0.29, 0.717) is 12.4 Å². The molecule has 0 aliphatic heterocycles. The largest absolute Gasteiger partial charge is 0.491 e. The molecule has 5 heterocycles. The van der Waals surface area contributed by atoms with E-state index in [1.54, 1.807) is 36.9 Å². The van der Waals surface area contributed by atoms with Gasteiger partial charge in [0.1, 0.15) is 23.9 Å². The fourth-order valence-corrected chi connectivity index (χ4v) is 4.28. The normalized spacial score (nSPS) is 11.6. The molecule has 184 valence electrons. The number of ether oxygens (including phenoxy) is 1. The Bertz CT molecular complexity index is 1710. The highest BCUT2D eigenvalue weighted by molar-refractivity contribution is 6.00. The van der Waals surface area contributed by atoms with E-state index in [-0.39, 0.29) is 5.82 Å². The average molecular weight is 494 g/mol. The summed E-state index contributed by atoms with van der Waals surface area (Å²) in [6.45, 7) is 1.39. The van der Waals surface area contributed by atoms with Gasteiger partial charge in [0.15, 0.2) is 0 Å². The minimum absolute atomic E-state index is 0.279. The minimum Gasteiger partial charge on any atom is -0.491 e. The van der Waals surface area contributed by atoms with Crippen molar-refractivity contribution in [2.75, 3.05) is 27.2 Å². The predicted molar refractivity (Wildman–Crippen MR) is 142 cm³/mol. The molecule has 0 saturated heterocycles. The maximum Gasteiger partial charge on any atom is 0.138 e. The van der Waals surface area contributed by atoms with Crippen molar-refractivity contribution >= 4 is 21.8 Å². The van der Waals surface area contributed by atoms with Crippen LogP contribution in [-0.2, 0) is 0 Å². The summed E-state index contributed by atoms with van der Waals surface area (Å²) in [5.41, 5.74) is 6.60. The molecule has 2 N–H and O–H groups in total. The maximum absolute atomic E-state index is 13.5. The first-order valence-corrected chi connectivity index (χ1v) is 11.9. The molecule has 0 saturated carbocycles. The molecular formula is C28H24FN7O. The smallest absolute Gasteiger partial charge is 0.138 e. The lowest BCUT2D eigenvalue weighted by Gasteiger charge is -2.11. The Morgan fingerprint density at radius 1 is 0.865 bits per heavy atom. The number of rotatable bonds is 7. The summed E-state index contributed by atoms with van der Waals surface area (Å²) >= 11 is 0. The van der Waals surface area contributed by atoms with Crippen LogP contribution in [0.5, 0.6) is 5.75 Å². The number of benzene rings is 1. The molecule has 0 aliphatic carbocycles. The first kappa shape index (κ1) is 22.8. The zero-order valence-electron chi connectivity index (χ0n) is 20.4. The number of nitrogens with one attached hydrogen (secondary N) is 2. The number of H-pyrrole nitrogens is 2. The Kier molecular flexibility index (Phi) is 5.82. The van der Waals surface area contributed by atoms with Crippen LogP contribution in [0.2, 0.25) is 0 Å². The van der Waals surface area contributed by atoms with Gasteiger partial charge in [0.05, 0.1) is 35.0 Å². The topological polar surface area (TPSA) is 95.6 Å². The molecule has 0 amide bonds. The van der Waals surface area contributed by atoms with Crippen LogP contribution in [0.15, 0.2) is 73.3 Å². The Balaban J connectivity index is 1.37. The number of aromatic nitrogens is 6. The molecule has 5 aromatic heterocycles. The Hall–Kier alpha value is -4.63. The van der Waals surface area contributed by atoms with Crippen LogP contribution in [0.3, 0.4) is 0 Å². The van der Waals surface area contributed by atoms with Gasteiger partial charge in [-0.05, 0) is 62.6 Å². The second kappa shape index (κ2) is 9.44. The van der Waals surface area contributed by atoms with E-state index in [2.05, 4.69) is 35.0 Å². The van der Waals surface area contributed by atoms with Crippen LogP contribution in [0, 0.1) is 5.82 Å². The summed E-state index contributed by atoms with van der Waals surface area (Å²) in [5.74, 6) is 0.420. The highest BCUT2D eigenvalue weighted by Crippen LogP contribution is 2.34. The fraction of sp³-hybridized carbons (Fsp3) is 0.143. The van der Waals surface area contributed by atoms with Crippen molar-refractivity contribution in [1.29, 1.82) is 0 Å². The summed E-state index contributed by atoms with van der Waals surface area (Å²) in [7, 11) is 4.01. The molecule has 9 heteroatoms. The van der Waals surface area contributed by atoms with Gasteiger partial charge < -0.3 is 14.6 Å². The Morgan fingerprint density at radius 2 is 1.70 bits per heavy atom. The monoisotopic (exact) mass is 493 g/mol. The maximum atomic E-state index is 13.5. The molecule has 0 unspecified atom stereocenters. The summed E-state index contributed by atoms with van der Waals surface area (Å²) < 4.78 is 19.3. The molecule has 6 rings (SSSR count). The quantitative estimate of drug-likeness (QED) is 0.313. The van der Waals surface area contributed by atoms with E-state index in [1.807, 2.05) is 38.4 Å². The Morgan fingerprint density at radius 3 is 2.54 bits per heavy atom. The van der Waals surface area contributed by atoms with Crippen molar-refractivity contribution in [3.63, 3.8) is 0 Å². The number of aromatic amines is 2. The number of hydrogen-bond donors (Lipinski definition) is 2. The lowest BCUT2D eigenvalue weighted by molar-refractivity contribution is 0.261. The molecule has 8 nitrogen and oxygen atoms in total. The molecule has 6 aromatic rings. The number of likely N-dealkylation sites (N-methyl/N-ethyl adjacent to an activating group) is 1. The van der Waals surface area contributed by atoms with Gasteiger partial charge >= 0.3 is 0 Å². The highest BCUT2D eigenvalue weighted by atomic mass is 19.1. The van der Waals surface area contributed by atoms with Crippen LogP contribution in [0.1, 0.15) is 0 Å². The first-order chi connectivity index (χ1) is 18.0. The number of halogens is 1. The zero-order valence-corrected chi connectivity index (χ0v) is 20.4. The summed E-state index contributed by atoms with van der Waals surface area (Å²) in [6.07, 6.45) is 7.00. The second-order valence-corrected chi connectivity index (χ2v) is 9.06. The lowest BCUT2D eigenvalue weighted by atomic mass is 10.1. The second-order valence-electron chi connectivity index (χ2n) is 9.06. The number of hydrogen-bond acceptors (Lipinski definition) is 6. The molecule has 37 heavy (non-hydrogen) atoms. The third kappa shape index (κ3) is 4.52. The molecule has 0 aliphatic rings. The van der Waals surface area contributed by atoms with Gasteiger partial charge in [-0.3, -0.25) is 20.1 Å². The van der Waals surface area contributed by atoms with Crippen molar-refractivity contribution in [1.82, 2.24) is 35.0 Å². The lowest BCUT2D eigenvalue weighted by Crippen LogP contribution is -2.19. The molecule has 0 spiro atoms. The van der Waals surface area contributed by atoms with Crippen molar-refractivity contribution in [3.05, 3.63) is 79.1 Å². The van der Waals surface area contributed by atoms with Crippen molar-refractivity contribution < 1.29 is 9.13 Å². The van der Waals surface area contributed by atoms with Crippen LogP contribution in [0.4, 0.5) is 4.39 Å². The molecule has 0 bridgehead atoms. The molecular weight excluding hydrogens is 469 g/mol. The van der Waals surface area contributed by atoms with Gasteiger partial charge in [-0.25, -0.2) is 4.39 Å². The van der Waals surface area contributed by atoms with E-state index >= 15 is 0 Å². The van der Waals surface area contributed by atoms with E-state index in [9.17, 15) is 4.39 Å². The summed E-state index contributed by atoms with van der Waals surface area (Å²) in [6, 6.07) is 14.2. The SMILES string of the molecule is CN(C)CCOc1cncc(-c2cc3c(-c4cc5c(-c6ccc(F)cc6)nccc5[nH]4)n[nH]c3cn2)c1. The number of fused-ring (bicyclic) bond motifs is 2. The van der Waals surface area contributed by atoms with Gasteiger partial charge in [0.2, 0.25) is 0 Å². The zero-order chi connectivity index (χ0) is 25.4. The van der Waals surface area contributed by atoms with Gasteiger partial charge in [-0.2, -0.15) is 5.10 Å². The van der Waals surface area contributed by atoms with E-state index in [1.165, 1.54) is 12.1 Å². The molecule has 0 atom stereocenters. The van der Waals surface area contributed by atoms with Crippen LogP contribution in [0.25, 0.3) is 55.7 Å². The third-order valence-electron chi connectivity index (χ3n) is 6.18. The van der Waals surface area contributed by atoms with Crippen molar-refractivity contribution in [2.24, 2.45) is 0 Å². The standard InChI is InChI=1S/C28H24FN7O/c1-36(2)9-10-37-20-11-18(14-30-15-20)24-12-22-26(16-32-24)34-35-28(22)25-13-21-23(33-25)7-8-31-27(21)17-3-5-19(29)6-4-17/h3-8,11-16,33H,9-10H2,1-2H3,(H,34,35). The van der Waals surface area contributed by atoms with Gasteiger partial charge in [0, 0.05) is 46.4 Å². The van der Waals surface area contributed by atoms with Gasteiger partial charge in [-0.15, -0.1) is 0 Å². The Labute approximate surface area is 212 Å². The highest BCUT2D eigenvalue weighted by Gasteiger charge is 2.16. The number of pyridine rings is 3. The first-order valence-electron chi connectivity index (χ1n) is 11.9. The van der Waals surface area contributed by atoms with E-state index < -0.39 is 0 Å². The summed E-state index contributed by atoms with van der Waals surface area (Å²) in [4.78, 5) is 19.0. The molecule has 0 radical (unpaired) electrons. The fourth-order valence-electron chi connectivity index (χ4n) is 4.28. The van der Waals surface area contributed by atoms with Crippen molar-refractivity contribution in [3.8, 4) is 39.7 Å². The van der Waals surface area contributed by atoms with Gasteiger partial charge in [-0.1, -0.05) is 0 Å². The number of nitrogens with zero attached hydrogens (tertiary/aromatic N) is 5. The third-order valence-corrected chi connectivity index (χ3v) is 6.18.